The van der Waals surface area contributed by atoms with Gasteiger partial charge < -0.3 is 20.3 Å². The highest BCUT2D eigenvalue weighted by Crippen LogP contribution is 2.17. The Morgan fingerprint density at radius 1 is 0.780 bits per heavy atom. The number of amides is 2. The van der Waals surface area contributed by atoms with Crippen molar-refractivity contribution >= 4 is 11.8 Å². The summed E-state index contributed by atoms with van der Waals surface area (Å²) >= 11 is 0. The van der Waals surface area contributed by atoms with E-state index in [2.05, 4.69) is 53.6 Å². The summed E-state index contributed by atoms with van der Waals surface area (Å²) < 4.78 is 5.94. The summed E-state index contributed by atoms with van der Waals surface area (Å²) in [5.41, 5.74) is 3.36. The van der Waals surface area contributed by atoms with Crippen LogP contribution in [0.4, 0.5) is 0 Å². The maximum Gasteiger partial charge on any atom is 0.245 e. The van der Waals surface area contributed by atoms with Crippen molar-refractivity contribution in [1.82, 2.24) is 20.4 Å². The molecular formula is C34H44N4O3. The minimum atomic E-state index is -0.637. The number of nitrogens with one attached hydrogen (secondary N) is 2. The predicted molar refractivity (Wildman–Crippen MR) is 163 cm³/mol. The minimum Gasteiger partial charge on any atom is -0.489 e. The van der Waals surface area contributed by atoms with Crippen LogP contribution in [0, 0.1) is 5.92 Å². The third kappa shape index (κ3) is 9.44. The second-order valence-corrected chi connectivity index (χ2v) is 11.2. The molecule has 0 aromatic heterocycles. The lowest BCUT2D eigenvalue weighted by atomic mass is 10.0. The highest BCUT2D eigenvalue weighted by molar-refractivity contribution is 5.90. The molecule has 1 aliphatic rings. The molecule has 3 aromatic rings. The van der Waals surface area contributed by atoms with E-state index in [0.717, 1.165) is 36.5 Å². The van der Waals surface area contributed by atoms with Gasteiger partial charge in [-0.1, -0.05) is 86.6 Å². The quantitative estimate of drug-likeness (QED) is 0.329. The summed E-state index contributed by atoms with van der Waals surface area (Å²) in [7, 11) is 1.80. The van der Waals surface area contributed by atoms with Crippen molar-refractivity contribution in [2.45, 2.75) is 51.9 Å². The lowest BCUT2D eigenvalue weighted by molar-refractivity contribution is -0.138. The minimum absolute atomic E-state index is 0.0264. The van der Waals surface area contributed by atoms with Crippen LogP contribution in [-0.4, -0.2) is 66.9 Å². The number of ether oxygens (including phenoxy) is 1. The topological polar surface area (TPSA) is 73.9 Å². The Bertz CT molecular complexity index is 1210. The molecule has 2 atom stereocenters. The molecule has 0 unspecified atom stereocenters. The van der Waals surface area contributed by atoms with Gasteiger partial charge >= 0.3 is 0 Å². The molecule has 1 saturated heterocycles. The van der Waals surface area contributed by atoms with E-state index < -0.39 is 6.04 Å². The number of benzene rings is 3. The van der Waals surface area contributed by atoms with Crippen LogP contribution in [0.15, 0.2) is 84.9 Å². The van der Waals surface area contributed by atoms with Crippen molar-refractivity contribution in [2.24, 2.45) is 5.92 Å². The van der Waals surface area contributed by atoms with E-state index in [4.69, 9.17) is 4.74 Å². The number of likely N-dealkylation sites (N-methyl/N-ethyl adjacent to an activating group) is 1. The lowest BCUT2D eigenvalue weighted by Crippen LogP contribution is -2.57. The molecule has 218 valence electrons. The van der Waals surface area contributed by atoms with E-state index in [9.17, 15) is 9.59 Å². The molecule has 1 heterocycles. The number of carbonyl (C=O) groups is 2. The molecule has 3 aromatic carbocycles. The number of rotatable bonds is 13. The first kappa shape index (κ1) is 30.3. The van der Waals surface area contributed by atoms with Gasteiger partial charge in [0.15, 0.2) is 0 Å². The van der Waals surface area contributed by atoms with Gasteiger partial charge in [0, 0.05) is 39.1 Å². The van der Waals surface area contributed by atoms with Crippen molar-refractivity contribution in [3.8, 4) is 5.75 Å². The van der Waals surface area contributed by atoms with Crippen LogP contribution >= 0.6 is 0 Å². The van der Waals surface area contributed by atoms with Crippen molar-refractivity contribution in [2.75, 3.05) is 33.2 Å². The van der Waals surface area contributed by atoms with E-state index in [0.29, 0.717) is 38.5 Å². The lowest BCUT2D eigenvalue weighted by Gasteiger charge is -2.37. The van der Waals surface area contributed by atoms with Crippen LogP contribution in [0.2, 0.25) is 0 Å². The maximum atomic E-state index is 13.8. The number of carbonyl (C=O) groups excluding carboxylic acids is 2. The second-order valence-electron chi connectivity index (χ2n) is 11.2. The van der Waals surface area contributed by atoms with Crippen molar-refractivity contribution in [1.29, 1.82) is 0 Å². The molecule has 7 nitrogen and oxygen atoms in total. The molecule has 7 heteroatoms. The van der Waals surface area contributed by atoms with Crippen molar-refractivity contribution in [3.05, 3.63) is 102 Å². The fraction of sp³-hybridized carbons (Fsp3) is 0.412. The molecule has 0 aliphatic carbocycles. The van der Waals surface area contributed by atoms with E-state index >= 15 is 0 Å². The zero-order chi connectivity index (χ0) is 29.0. The summed E-state index contributed by atoms with van der Waals surface area (Å²) in [5, 5.41) is 6.22. The van der Waals surface area contributed by atoms with Crippen LogP contribution in [0.3, 0.4) is 0 Å². The van der Waals surface area contributed by atoms with E-state index in [1.165, 1.54) is 5.56 Å². The highest BCUT2D eigenvalue weighted by Gasteiger charge is 2.30. The van der Waals surface area contributed by atoms with E-state index in [-0.39, 0.29) is 17.9 Å². The van der Waals surface area contributed by atoms with Crippen LogP contribution < -0.4 is 15.4 Å². The van der Waals surface area contributed by atoms with Crippen LogP contribution in [-0.2, 0) is 29.2 Å². The van der Waals surface area contributed by atoms with Gasteiger partial charge in [0.25, 0.3) is 0 Å². The molecule has 41 heavy (non-hydrogen) atoms. The van der Waals surface area contributed by atoms with Gasteiger partial charge in [-0.25, -0.2) is 0 Å². The van der Waals surface area contributed by atoms with Crippen LogP contribution in [0.1, 0.15) is 37.0 Å². The first-order valence-corrected chi connectivity index (χ1v) is 14.7. The number of hydrogen-bond acceptors (Lipinski definition) is 5. The van der Waals surface area contributed by atoms with E-state index in [1.54, 1.807) is 7.05 Å². The standard InChI is InChI=1S/C34H44N4O3/c1-26(2)22-31(35-3)33(39)36-32(23-27-14-16-30(17-15-27)41-25-29-12-8-5-9-13-29)34(40)38-20-18-37(19-21-38)24-28-10-6-4-7-11-28/h4-17,26,31-32,35H,18-25H2,1-3H3,(H,36,39)/t31-,32+/m0/s1. The molecule has 0 saturated carbocycles. The maximum absolute atomic E-state index is 13.8. The summed E-state index contributed by atoms with van der Waals surface area (Å²) in [6.07, 6.45) is 1.13. The summed E-state index contributed by atoms with van der Waals surface area (Å²) in [6.45, 7) is 8.46. The number of nitrogens with zero attached hydrogens (tertiary/aromatic N) is 2. The molecule has 0 bridgehead atoms. The molecule has 1 aliphatic heterocycles. The third-order valence-corrected chi connectivity index (χ3v) is 7.53. The Labute approximate surface area is 244 Å². The Kier molecular flexibility index (Phi) is 11.3. The third-order valence-electron chi connectivity index (χ3n) is 7.53. The molecule has 2 N–H and O–H groups in total. The Morgan fingerprint density at radius 2 is 1.39 bits per heavy atom. The average molecular weight is 557 g/mol. The highest BCUT2D eigenvalue weighted by atomic mass is 16.5. The normalized spacial score (nSPS) is 15.4. The predicted octanol–water partition coefficient (Wildman–Crippen LogP) is 4.27. The molecular weight excluding hydrogens is 512 g/mol. The Morgan fingerprint density at radius 3 is 1.98 bits per heavy atom. The monoisotopic (exact) mass is 556 g/mol. The summed E-state index contributed by atoms with van der Waals surface area (Å²) in [6, 6.07) is 27.3. The van der Waals surface area contributed by atoms with Gasteiger partial charge in [-0.15, -0.1) is 0 Å². The first-order chi connectivity index (χ1) is 19.9. The number of hydrogen-bond donors (Lipinski definition) is 2. The van der Waals surface area contributed by atoms with Crippen molar-refractivity contribution < 1.29 is 14.3 Å². The van der Waals surface area contributed by atoms with Gasteiger partial charge in [0.1, 0.15) is 18.4 Å². The Balaban J connectivity index is 1.40. The SMILES string of the molecule is CN[C@@H](CC(C)C)C(=O)N[C@H](Cc1ccc(OCc2ccccc2)cc1)C(=O)N1CCN(Cc2ccccc2)CC1. The van der Waals surface area contributed by atoms with Crippen molar-refractivity contribution in [3.63, 3.8) is 0 Å². The molecule has 1 fully saturated rings. The van der Waals surface area contributed by atoms with E-state index in [1.807, 2.05) is 65.6 Å². The van der Waals surface area contributed by atoms with Gasteiger partial charge in [-0.2, -0.15) is 0 Å². The van der Waals surface area contributed by atoms with Gasteiger partial charge in [0.2, 0.25) is 11.8 Å². The number of piperazine rings is 1. The fourth-order valence-electron chi connectivity index (χ4n) is 5.19. The summed E-state index contributed by atoms with van der Waals surface area (Å²) in [5.74, 6) is 0.964. The Hall–Kier alpha value is -3.68. The summed E-state index contributed by atoms with van der Waals surface area (Å²) in [4.78, 5) is 31.3. The van der Waals surface area contributed by atoms with Crippen LogP contribution in [0.25, 0.3) is 0 Å². The average Bonchev–Trinajstić information content (AvgIpc) is 3.00. The molecule has 2 amide bonds. The first-order valence-electron chi connectivity index (χ1n) is 14.7. The van der Waals surface area contributed by atoms with Gasteiger partial charge in [-0.3, -0.25) is 14.5 Å². The smallest absolute Gasteiger partial charge is 0.245 e. The molecule has 0 spiro atoms. The molecule has 4 rings (SSSR count). The van der Waals surface area contributed by atoms with Gasteiger partial charge in [0.05, 0.1) is 6.04 Å². The van der Waals surface area contributed by atoms with Crippen LogP contribution in [0.5, 0.6) is 5.75 Å². The second kappa shape index (κ2) is 15.4. The van der Waals surface area contributed by atoms with Gasteiger partial charge in [-0.05, 0) is 48.2 Å². The zero-order valence-corrected chi connectivity index (χ0v) is 24.6. The fourth-order valence-corrected chi connectivity index (χ4v) is 5.19. The molecule has 0 radical (unpaired) electrons. The zero-order valence-electron chi connectivity index (χ0n) is 24.6. The largest absolute Gasteiger partial charge is 0.489 e.